The van der Waals surface area contributed by atoms with Crippen LogP contribution in [0.1, 0.15) is 21.6 Å². The number of hydrogen-bond donors (Lipinski definition) is 2. The van der Waals surface area contributed by atoms with Gasteiger partial charge >= 0.3 is 5.97 Å². The number of carboxylic acid groups (broad SMARTS) is 1. The Kier molecular flexibility index (Phi) is 4.52. The van der Waals surface area contributed by atoms with Gasteiger partial charge in [0.25, 0.3) is 0 Å². The van der Waals surface area contributed by atoms with E-state index in [4.69, 9.17) is 5.11 Å². The highest BCUT2D eigenvalue weighted by atomic mass is 16.4. The van der Waals surface area contributed by atoms with Crippen molar-refractivity contribution >= 4 is 11.8 Å². The summed E-state index contributed by atoms with van der Waals surface area (Å²) in [4.78, 5) is 19.2. The molecule has 5 heteroatoms. The third-order valence-electron chi connectivity index (χ3n) is 3.63. The molecule has 3 rings (SSSR count). The van der Waals surface area contributed by atoms with E-state index in [0.717, 1.165) is 16.9 Å². The minimum Gasteiger partial charge on any atom is -0.477 e. The lowest BCUT2D eigenvalue weighted by atomic mass is 10.1. The zero-order valence-electron chi connectivity index (χ0n) is 13.2. The summed E-state index contributed by atoms with van der Waals surface area (Å²) >= 11 is 0. The second-order valence-electron chi connectivity index (χ2n) is 5.51. The summed E-state index contributed by atoms with van der Waals surface area (Å²) in [6.07, 6.45) is 3.21. The Bertz CT molecular complexity index is 860. The predicted molar refractivity (Wildman–Crippen MR) is 92.9 cm³/mol. The van der Waals surface area contributed by atoms with E-state index in [2.05, 4.69) is 40.4 Å². The highest BCUT2D eigenvalue weighted by Gasteiger charge is 2.06. The van der Waals surface area contributed by atoms with Gasteiger partial charge in [-0.15, -0.1) is 0 Å². The molecule has 0 saturated heterocycles. The molecule has 120 valence electrons. The SMILES string of the molecule is Cc1cccc(CNc2ccc(-c3ccnc(C(=O)O)c3)cn2)c1. The summed E-state index contributed by atoms with van der Waals surface area (Å²) in [6.45, 7) is 2.77. The fourth-order valence-electron chi connectivity index (χ4n) is 2.41. The van der Waals surface area contributed by atoms with Gasteiger partial charge in [-0.05, 0) is 42.3 Å². The Morgan fingerprint density at radius 2 is 1.96 bits per heavy atom. The zero-order chi connectivity index (χ0) is 16.9. The topological polar surface area (TPSA) is 75.1 Å². The third kappa shape index (κ3) is 3.76. The normalized spacial score (nSPS) is 10.4. The molecule has 1 aromatic carbocycles. The average Bonchev–Trinajstić information content (AvgIpc) is 2.60. The number of hydrogen-bond acceptors (Lipinski definition) is 4. The number of aromatic nitrogens is 2. The van der Waals surface area contributed by atoms with Crippen LogP contribution in [0.25, 0.3) is 11.1 Å². The van der Waals surface area contributed by atoms with Crippen molar-refractivity contribution < 1.29 is 9.90 Å². The molecule has 0 aliphatic heterocycles. The summed E-state index contributed by atoms with van der Waals surface area (Å²) in [5.41, 5.74) is 4.07. The largest absolute Gasteiger partial charge is 0.477 e. The smallest absolute Gasteiger partial charge is 0.354 e. The van der Waals surface area contributed by atoms with Gasteiger partial charge in [0.1, 0.15) is 11.5 Å². The summed E-state index contributed by atoms with van der Waals surface area (Å²) in [5, 5.41) is 12.3. The lowest BCUT2D eigenvalue weighted by Crippen LogP contribution is -2.02. The maximum absolute atomic E-state index is 11.0. The summed E-state index contributed by atoms with van der Waals surface area (Å²) in [6, 6.07) is 15.4. The van der Waals surface area contributed by atoms with E-state index in [1.165, 1.54) is 17.3 Å². The van der Waals surface area contributed by atoms with E-state index in [1.54, 1.807) is 18.3 Å². The van der Waals surface area contributed by atoms with Crippen molar-refractivity contribution in [3.8, 4) is 11.1 Å². The Morgan fingerprint density at radius 3 is 2.67 bits per heavy atom. The first-order chi connectivity index (χ1) is 11.6. The zero-order valence-corrected chi connectivity index (χ0v) is 13.2. The van der Waals surface area contributed by atoms with Gasteiger partial charge in [-0.1, -0.05) is 29.8 Å². The molecule has 0 radical (unpaired) electrons. The van der Waals surface area contributed by atoms with Crippen molar-refractivity contribution in [2.24, 2.45) is 0 Å². The molecule has 0 spiro atoms. The highest BCUT2D eigenvalue weighted by molar-refractivity contribution is 5.87. The van der Waals surface area contributed by atoms with Gasteiger partial charge < -0.3 is 10.4 Å². The average molecular weight is 319 g/mol. The van der Waals surface area contributed by atoms with E-state index >= 15 is 0 Å². The minimum atomic E-state index is -1.04. The number of rotatable bonds is 5. The van der Waals surface area contributed by atoms with Crippen LogP contribution in [-0.4, -0.2) is 21.0 Å². The summed E-state index contributed by atoms with van der Waals surface area (Å²) in [7, 11) is 0. The van der Waals surface area contributed by atoms with Gasteiger partial charge in [-0.2, -0.15) is 0 Å². The number of pyridine rings is 2. The van der Waals surface area contributed by atoms with Crippen LogP contribution < -0.4 is 5.32 Å². The van der Waals surface area contributed by atoms with Gasteiger partial charge in [-0.3, -0.25) is 0 Å². The Balaban J connectivity index is 1.71. The van der Waals surface area contributed by atoms with Crippen LogP contribution in [0, 0.1) is 6.92 Å². The molecule has 5 nitrogen and oxygen atoms in total. The molecule has 0 bridgehead atoms. The molecule has 0 amide bonds. The molecule has 2 heterocycles. The van der Waals surface area contributed by atoms with Gasteiger partial charge in [0.05, 0.1) is 0 Å². The predicted octanol–water partition coefficient (Wildman–Crippen LogP) is 3.76. The fraction of sp³-hybridized carbons (Fsp3) is 0.105. The van der Waals surface area contributed by atoms with Gasteiger partial charge in [-0.25, -0.2) is 14.8 Å². The van der Waals surface area contributed by atoms with Crippen LogP contribution in [0.5, 0.6) is 0 Å². The molecular formula is C19H17N3O2. The molecule has 0 saturated carbocycles. The van der Waals surface area contributed by atoms with Gasteiger partial charge in [0, 0.05) is 24.5 Å². The van der Waals surface area contributed by atoms with E-state index in [1.807, 2.05) is 18.2 Å². The Labute approximate surface area is 140 Å². The standard InChI is InChI=1S/C19H17N3O2/c1-13-3-2-4-14(9-13)11-21-18-6-5-16(12-22-18)15-7-8-20-17(10-15)19(23)24/h2-10,12H,11H2,1H3,(H,21,22)(H,23,24). The maximum Gasteiger partial charge on any atom is 0.354 e. The molecule has 0 fully saturated rings. The van der Waals surface area contributed by atoms with Crippen molar-refractivity contribution in [2.45, 2.75) is 13.5 Å². The summed E-state index contributed by atoms with van der Waals surface area (Å²) < 4.78 is 0. The molecule has 0 aliphatic carbocycles. The van der Waals surface area contributed by atoms with Crippen LogP contribution in [0.4, 0.5) is 5.82 Å². The van der Waals surface area contributed by atoms with Crippen molar-refractivity contribution in [2.75, 3.05) is 5.32 Å². The quantitative estimate of drug-likeness (QED) is 0.749. The second-order valence-corrected chi connectivity index (χ2v) is 5.51. The second kappa shape index (κ2) is 6.91. The van der Waals surface area contributed by atoms with Crippen molar-refractivity contribution in [1.82, 2.24) is 9.97 Å². The van der Waals surface area contributed by atoms with Crippen LogP contribution >= 0.6 is 0 Å². The van der Waals surface area contributed by atoms with Crippen molar-refractivity contribution in [1.29, 1.82) is 0 Å². The van der Waals surface area contributed by atoms with Crippen molar-refractivity contribution in [3.05, 3.63) is 77.7 Å². The monoisotopic (exact) mass is 319 g/mol. The van der Waals surface area contributed by atoms with Crippen LogP contribution in [0.15, 0.2) is 60.9 Å². The van der Waals surface area contributed by atoms with Crippen LogP contribution in [0.2, 0.25) is 0 Å². The van der Waals surface area contributed by atoms with Gasteiger partial charge in [0.15, 0.2) is 0 Å². The van der Waals surface area contributed by atoms with E-state index in [9.17, 15) is 4.79 Å². The number of anilines is 1. The summed E-state index contributed by atoms with van der Waals surface area (Å²) in [5.74, 6) is -0.269. The molecule has 0 unspecified atom stereocenters. The molecule has 0 atom stereocenters. The lowest BCUT2D eigenvalue weighted by Gasteiger charge is -2.08. The lowest BCUT2D eigenvalue weighted by molar-refractivity contribution is 0.0690. The maximum atomic E-state index is 11.0. The number of nitrogens with zero attached hydrogens (tertiary/aromatic N) is 2. The van der Waals surface area contributed by atoms with E-state index < -0.39 is 5.97 Å². The number of nitrogens with one attached hydrogen (secondary N) is 1. The van der Waals surface area contributed by atoms with Gasteiger partial charge in [0.2, 0.25) is 0 Å². The minimum absolute atomic E-state index is 0.0224. The molecule has 0 aliphatic rings. The van der Waals surface area contributed by atoms with E-state index in [0.29, 0.717) is 6.54 Å². The first-order valence-corrected chi connectivity index (χ1v) is 7.57. The van der Waals surface area contributed by atoms with Crippen LogP contribution in [-0.2, 0) is 6.54 Å². The number of aryl methyl sites for hydroxylation is 1. The highest BCUT2D eigenvalue weighted by Crippen LogP contribution is 2.20. The van der Waals surface area contributed by atoms with E-state index in [-0.39, 0.29) is 5.69 Å². The number of aromatic carboxylic acids is 1. The number of carboxylic acids is 1. The Hall–Kier alpha value is -3.21. The molecule has 3 aromatic rings. The molecule has 2 aromatic heterocycles. The number of benzene rings is 1. The van der Waals surface area contributed by atoms with Crippen LogP contribution in [0.3, 0.4) is 0 Å². The third-order valence-corrected chi connectivity index (χ3v) is 3.63. The molecule has 24 heavy (non-hydrogen) atoms. The van der Waals surface area contributed by atoms with Crippen molar-refractivity contribution in [3.63, 3.8) is 0 Å². The Morgan fingerprint density at radius 1 is 1.08 bits per heavy atom. The molecule has 2 N–H and O–H groups in total. The number of carbonyl (C=O) groups is 1. The first kappa shape index (κ1) is 15.7. The molecular weight excluding hydrogens is 302 g/mol. The first-order valence-electron chi connectivity index (χ1n) is 7.57. The fourth-order valence-corrected chi connectivity index (χ4v) is 2.41.